The maximum absolute atomic E-state index is 13.8. The number of amides is 1. The number of hydrogen-bond donors (Lipinski definition) is 2. The number of para-hydroxylation sites is 1. The molecular weight excluding hydrogens is 444 g/mol. The van der Waals surface area contributed by atoms with Gasteiger partial charge >= 0.3 is 5.63 Å². The Kier molecular flexibility index (Phi) is 5.05. The predicted molar refractivity (Wildman–Crippen MR) is 120 cm³/mol. The average Bonchev–Trinajstić information content (AvgIpc) is 3.31. The minimum absolute atomic E-state index is 0.0638. The lowest BCUT2D eigenvalue weighted by Gasteiger charge is -2.34. The van der Waals surface area contributed by atoms with Crippen molar-refractivity contribution in [3.8, 4) is 5.69 Å². The zero-order valence-electron chi connectivity index (χ0n) is 17.5. The van der Waals surface area contributed by atoms with Gasteiger partial charge in [0.15, 0.2) is 17.2 Å². The molecule has 0 aliphatic carbocycles. The van der Waals surface area contributed by atoms with E-state index in [1.807, 2.05) is 0 Å². The first-order valence-corrected chi connectivity index (χ1v) is 10.2. The van der Waals surface area contributed by atoms with Crippen molar-refractivity contribution < 1.29 is 18.0 Å². The first-order valence-electron chi connectivity index (χ1n) is 10.2. The molecule has 0 radical (unpaired) electrons. The number of primary amides is 1. The van der Waals surface area contributed by atoms with Crippen LogP contribution in [0.3, 0.4) is 0 Å². The molecule has 2 aromatic carbocycles. The van der Waals surface area contributed by atoms with Crippen LogP contribution in [0.5, 0.6) is 0 Å². The molecule has 3 N–H and O–H groups in total. The van der Waals surface area contributed by atoms with Crippen molar-refractivity contribution in [3.05, 3.63) is 106 Å². The molecule has 170 valence electrons. The van der Waals surface area contributed by atoms with E-state index in [0.29, 0.717) is 33.5 Å². The minimum atomic E-state index is -1.49. The number of dihydropyridines is 1. The van der Waals surface area contributed by atoms with Crippen LogP contribution in [0.4, 0.5) is 8.78 Å². The van der Waals surface area contributed by atoms with Crippen molar-refractivity contribution in [3.63, 3.8) is 0 Å². The summed E-state index contributed by atoms with van der Waals surface area (Å²) in [6.07, 6.45) is 6.36. The van der Waals surface area contributed by atoms with Crippen LogP contribution < -0.4 is 16.7 Å². The molecule has 1 amide bonds. The molecule has 5 rings (SSSR count). The SMILES string of the molecule is NC(=O)C1(Cc2ccc(F)c(F)c2)NC=CC=C1c1cn(-c2cccc3ccc(=O)oc23)nn1. The molecule has 1 unspecified atom stereocenters. The highest BCUT2D eigenvalue weighted by atomic mass is 19.2. The van der Waals surface area contributed by atoms with E-state index in [0.717, 1.165) is 12.1 Å². The molecule has 0 saturated carbocycles. The Bertz CT molecular complexity index is 1560. The van der Waals surface area contributed by atoms with E-state index in [1.165, 1.54) is 23.0 Å². The first kappa shape index (κ1) is 21.3. The van der Waals surface area contributed by atoms with E-state index in [1.54, 1.807) is 42.6 Å². The van der Waals surface area contributed by atoms with Gasteiger partial charge in [-0.3, -0.25) is 4.79 Å². The average molecular weight is 461 g/mol. The summed E-state index contributed by atoms with van der Waals surface area (Å²) in [6, 6.07) is 11.6. The fourth-order valence-electron chi connectivity index (χ4n) is 4.01. The molecule has 10 heteroatoms. The number of nitrogens with zero attached hydrogens (tertiary/aromatic N) is 3. The zero-order valence-corrected chi connectivity index (χ0v) is 17.5. The number of fused-ring (bicyclic) bond motifs is 1. The molecule has 1 aliphatic rings. The van der Waals surface area contributed by atoms with Crippen molar-refractivity contribution in [2.24, 2.45) is 5.73 Å². The maximum Gasteiger partial charge on any atom is 0.336 e. The van der Waals surface area contributed by atoms with Gasteiger partial charge in [0, 0.05) is 23.4 Å². The highest BCUT2D eigenvalue weighted by Gasteiger charge is 2.42. The van der Waals surface area contributed by atoms with Gasteiger partial charge in [0.2, 0.25) is 5.91 Å². The number of nitrogens with two attached hydrogens (primary N) is 1. The first-order chi connectivity index (χ1) is 16.4. The molecule has 0 spiro atoms. The van der Waals surface area contributed by atoms with Crippen LogP contribution in [0.15, 0.2) is 82.3 Å². The van der Waals surface area contributed by atoms with Crippen molar-refractivity contribution in [2.75, 3.05) is 0 Å². The Morgan fingerprint density at radius 3 is 2.79 bits per heavy atom. The topological polar surface area (TPSA) is 116 Å². The van der Waals surface area contributed by atoms with Crippen LogP contribution in [0.1, 0.15) is 11.3 Å². The lowest BCUT2D eigenvalue weighted by atomic mass is 9.80. The van der Waals surface area contributed by atoms with Crippen LogP contribution >= 0.6 is 0 Å². The summed E-state index contributed by atoms with van der Waals surface area (Å²) in [5, 5.41) is 12.0. The Hall–Kier alpha value is -4.60. The third kappa shape index (κ3) is 3.54. The van der Waals surface area contributed by atoms with Gasteiger partial charge < -0.3 is 15.5 Å². The molecule has 34 heavy (non-hydrogen) atoms. The highest BCUT2D eigenvalue weighted by molar-refractivity contribution is 6.01. The molecule has 8 nitrogen and oxygen atoms in total. The number of benzene rings is 2. The van der Waals surface area contributed by atoms with Gasteiger partial charge in [-0.2, -0.15) is 0 Å². The Morgan fingerprint density at radius 2 is 2.00 bits per heavy atom. The number of hydrogen-bond acceptors (Lipinski definition) is 6. The van der Waals surface area contributed by atoms with Crippen molar-refractivity contribution >= 4 is 22.4 Å². The monoisotopic (exact) mass is 461 g/mol. The number of nitrogens with one attached hydrogen (secondary N) is 1. The van der Waals surface area contributed by atoms with Gasteiger partial charge in [0.25, 0.3) is 0 Å². The number of rotatable bonds is 5. The number of allylic oxidation sites excluding steroid dienone is 2. The van der Waals surface area contributed by atoms with Crippen LogP contribution in [0, 0.1) is 11.6 Å². The second-order valence-corrected chi connectivity index (χ2v) is 7.78. The number of carbonyl (C=O) groups is 1. The lowest BCUT2D eigenvalue weighted by molar-refractivity contribution is -0.122. The van der Waals surface area contributed by atoms with Crippen molar-refractivity contribution in [2.45, 2.75) is 12.0 Å². The fourth-order valence-corrected chi connectivity index (χ4v) is 4.01. The van der Waals surface area contributed by atoms with Gasteiger partial charge in [0.1, 0.15) is 16.9 Å². The summed E-state index contributed by atoms with van der Waals surface area (Å²) in [6.45, 7) is 0. The summed E-state index contributed by atoms with van der Waals surface area (Å²) in [4.78, 5) is 24.5. The largest absolute Gasteiger partial charge is 0.420 e. The smallest absolute Gasteiger partial charge is 0.336 e. The molecule has 0 fully saturated rings. The Morgan fingerprint density at radius 1 is 1.15 bits per heavy atom. The maximum atomic E-state index is 13.8. The molecule has 2 aromatic heterocycles. The number of halogens is 2. The summed E-state index contributed by atoms with van der Waals surface area (Å²) in [5.41, 5.74) is 5.66. The van der Waals surface area contributed by atoms with Crippen LogP contribution in [0.25, 0.3) is 22.2 Å². The summed E-state index contributed by atoms with van der Waals surface area (Å²) < 4.78 is 34.0. The van der Waals surface area contributed by atoms with Gasteiger partial charge in [-0.25, -0.2) is 18.3 Å². The molecule has 4 aromatic rings. The molecule has 1 atom stereocenters. The molecule has 1 aliphatic heterocycles. The van der Waals surface area contributed by atoms with E-state index in [-0.39, 0.29) is 6.42 Å². The number of aromatic nitrogens is 3. The van der Waals surface area contributed by atoms with Gasteiger partial charge in [0.05, 0.1) is 6.20 Å². The van der Waals surface area contributed by atoms with Crippen molar-refractivity contribution in [1.29, 1.82) is 0 Å². The van der Waals surface area contributed by atoms with E-state index in [2.05, 4.69) is 15.6 Å². The molecule has 0 bridgehead atoms. The van der Waals surface area contributed by atoms with E-state index in [4.69, 9.17) is 10.2 Å². The summed E-state index contributed by atoms with van der Waals surface area (Å²) >= 11 is 0. The molecule has 3 heterocycles. The van der Waals surface area contributed by atoms with Gasteiger partial charge in [-0.15, -0.1) is 5.10 Å². The normalized spacial score (nSPS) is 17.4. The van der Waals surface area contributed by atoms with Crippen LogP contribution in [0.2, 0.25) is 0 Å². The predicted octanol–water partition coefficient (Wildman–Crippen LogP) is 2.62. The molecule has 0 saturated heterocycles. The van der Waals surface area contributed by atoms with Crippen LogP contribution in [-0.4, -0.2) is 26.4 Å². The quantitative estimate of drug-likeness (QED) is 0.442. The van der Waals surface area contributed by atoms with Crippen molar-refractivity contribution in [1.82, 2.24) is 20.3 Å². The lowest BCUT2D eigenvalue weighted by Crippen LogP contribution is -2.56. The van der Waals surface area contributed by atoms with E-state index < -0.39 is 28.7 Å². The summed E-state index contributed by atoms with van der Waals surface area (Å²) in [5.74, 6) is -2.76. The number of carbonyl (C=O) groups excluding carboxylic acids is 1. The third-order valence-electron chi connectivity index (χ3n) is 5.67. The fraction of sp³-hybridized carbons (Fsp3) is 0.0833. The van der Waals surface area contributed by atoms with Gasteiger partial charge in [-0.05, 0) is 42.1 Å². The Labute approximate surface area is 191 Å². The Balaban J connectivity index is 1.59. The second-order valence-electron chi connectivity index (χ2n) is 7.78. The van der Waals surface area contributed by atoms with Crippen LogP contribution in [-0.2, 0) is 11.2 Å². The summed E-state index contributed by atoms with van der Waals surface area (Å²) in [7, 11) is 0. The zero-order chi connectivity index (χ0) is 23.9. The van der Waals surface area contributed by atoms with E-state index >= 15 is 0 Å². The van der Waals surface area contributed by atoms with Gasteiger partial charge in [-0.1, -0.05) is 29.5 Å². The highest BCUT2D eigenvalue weighted by Crippen LogP contribution is 2.33. The standard InChI is InChI=1S/C24H17F2N5O3/c25-17-8-6-14(11-18(17)26)12-24(23(27)33)16(4-2-10-28-24)19-13-31(30-29-19)20-5-1-3-15-7-9-21(32)34-22(15)20/h1-11,13,28H,12H2,(H2,27,33). The van der Waals surface area contributed by atoms with E-state index in [9.17, 15) is 18.4 Å². The second kappa shape index (κ2) is 8.07. The third-order valence-corrected chi connectivity index (χ3v) is 5.67. The molecular formula is C24H17F2N5O3. The minimum Gasteiger partial charge on any atom is -0.420 e.